The molecule has 1 aromatic carbocycles. The summed E-state index contributed by atoms with van der Waals surface area (Å²) < 4.78 is 18.8. The standard InChI is InChI=1S/C18H29FN4O2/c1-6-20-17(23-12-18(3,4)25-5)22-10-9-21-16(24)14-8-7-13(2)15(19)11-14/h7-8,11H,6,9-10,12H2,1-5H3,(H,21,24)(H2,20,22,23). The molecule has 0 fully saturated rings. The maximum atomic E-state index is 13.5. The first kappa shape index (κ1) is 20.9. The quantitative estimate of drug-likeness (QED) is 0.379. The molecule has 0 unspecified atom stereocenters. The molecular weight excluding hydrogens is 323 g/mol. The highest BCUT2D eigenvalue weighted by molar-refractivity contribution is 5.94. The smallest absolute Gasteiger partial charge is 0.251 e. The minimum atomic E-state index is -0.381. The van der Waals surface area contributed by atoms with Crippen molar-refractivity contribution in [1.82, 2.24) is 16.0 Å². The van der Waals surface area contributed by atoms with E-state index in [4.69, 9.17) is 4.74 Å². The van der Waals surface area contributed by atoms with Gasteiger partial charge < -0.3 is 20.7 Å². The van der Waals surface area contributed by atoms with Gasteiger partial charge in [-0.15, -0.1) is 0 Å². The molecule has 1 aromatic rings. The molecule has 0 atom stereocenters. The van der Waals surface area contributed by atoms with Crippen LogP contribution in [-0.2, 0) is 4.74 Å². The van der Waals surface area contributed by atoms with Crippen LogP contribution >= 0.6 is 0 Å². The van der Waals surface area contributed by atoms with Crippen molar-refractivity contribution in [2.24, 2.45) is 4.99 Å². The number of methoxy groups -OCH3 is 1. The monoisotopic (exact) mass is 352 g/mol. The van der Waals surface area contributed by atoms with Crippen LogP contribution in [0.15, 0.2) is 23.2 Å². The second kappa shape index (κ2) is 9.98. The number of carbonyl (C=O) groups is 1. The van der Waals surface area contributed by atoms with Gasteiger partial charge in [0.2, 0.25) is 0 Å². The molecule has 140 valence electrons. The number of benzene rings is 1. The van der Waals surface area contributed by atoms with Crippen molar-refractivity contribution in [3.8, 4) is 0 Å². The number of ether oxygens (including phenoxy) is 1. The van der Waals surface area contributed by atoms with Gasteiger partial charge in [-0.1, -0.05) is 6.07 Å². The van der Waals surface area contributed by atoms with Gasteiger partial charge >= 0.3 is 0 Å². The predicted molar refractivity (Wildman–Crippen MR) is 98.5 cm³/mol. The zero-order chi connectivity index (χ0) is 18.9. The van der Waals surface area contributed by atoms with Gasteiger partial charge in [-0.3, -0.25) is 9.79 Å². The maximum absolute atomic E-state index is 13.5. The Morgan fingerprint density at radius 2 is 1.92 bits per heavy atom. The Labute approximate surface area is 149 Å². The normalized spacial score (nSPS) is 12.0. The Bertz CT molecular complexity index is 603. The van der Waals surface area contributed by atoms with Crippen molar-refractivity contribution in [2.45, 2.75) is 33.3 Å². The SMILES string of the molecule is CCNC(=NCC(C)(C)OC)NCCNC(=O)c1ccc(C)c(F)c1. The summed E-state index contributed by atoms with van der Waals surface area (Å²) in [5.41, 5.74) is 0.487. The highest BCUT2D eigenvalue weighted by Crippen LogP contribution is 2.09. The van der Waals surface area contributed by atoms with Gasteiger partial charge in [-0.05, 0) is 45.4 Å². The number of hydrogen-bond acceptors (Lipinski definition) is 3. The number of carbonyl (C=O) groups excluding carboxylic acids is 1. The number of halogens is 1. The summed E-state index contributed by atoms with van der Waals surface area (Å²) in [6.45, 7) is 9.69. The van der Waals surface area contributed by atoms with E-state index in [1.54, 1.807) is 26.2 Å². The summed E-state index contributed by atoms with van der Waals surface area (Å²) in [7, 11) is 1.65. The molecule has 3 N–H and O–H groups in total. The zero-order valence-corrected chi connectivity index (χ0v) is 15.7. The summed E-state index contributed by atoms with van der Waals surface area (Å²) in [5.74, 6) is -0.0282. The summed E-state index contributed by atoms with van der Waals surface area (Å²) in [4.78, 5) is 16.5. The molecule has 0 saturated carbocycles. The Kier molecular flexibility index (Phi) is 8.34. The molecule has 7 heteroatoms. The molecule has 0 aliphatic heterocycles. The lowest BCUT2D eigenvalue weighted by Crippen LogP contribution is -2.42. The molecular formula is C18H29FN4O2. The van der Waals surface area contributed by atoms with Gasteiger partial charge in [0, 0.05) is 32.3 Å². The number of amides is 1. The maximum Gasteiger partial charge on any atom is 0.251 e. The van der Waals surface area contributed by atoms with Crippen LogP contribution in [0.25, 0.3) is 0 Å². The first-order chi connectivity index (χ1) is 11.8. The lowest BCUT2D eigenvalue weighted by atomic mass is 10.1. The largest absolute Gasteiger partial charge is 0.377 e. The fraction of sp³-hybridized carbons (Fsp3) is 0.556. The van der Waals surface area contributed by atoms with E-state index in [-0.39, 0.29) is 17.3 Å². The van der Waals surface area contributed by atoms with E-state index in [0.717, 1.165) is 6.54 Å². The fourth-order valence-corrected chi connectivity index (χ4v) is 1.87. The zero-order valence-electron chi connectivity index (χ0n) is 15.7. The van der Waals surface area contributed by atoms with Gasteiger partial charge in [0.1, 0.15) is 5.82 Å². The molecule has 1 rings (SSSR count). The lowest BCUT2D eigenvalue weighted by molar-refractivity contribution is 0.0310. The molecule has 0 spiro atoms. The Morgan fingerprint density at radius 3 is 2.52 bits per heavy atom. The summed E-state index contributed by atoms with van der Waals surface area (Å²) in [5, 5.41) is 9.02. The molecule has 0 radical (unpaired) electrons. The van der Waals surface area contributed by atoms with Crippen LogP contribution in [0.5, 0.6) is 0 Å². The third kappa shape index (κ3) is 7.51. The van der Waals surface area contributed by atoms with Crippen LogP contribution < -0.4 is 16.0 Å². The van der Waals surface area contributed by atoms with Crippen molar-refractivity contribution in [2.75, 3.05) is 33.3 Å². The second-order valence-corrected chi connectivity index (χ2v) is 6.31. The molecule has 1 amide bonds. The molecule has 0 aliphatic carbocycles. The van der Waals surface area contributed by atoms with E-state index >= 15 is 0 Å². The third-order valence-electron chi connectivity index (χ3n) is 3.65. The molecule has 25 heavy (non-hydrogen) atoms. The highest BCUT2D eigenvalue weighted by atomic mass is 19.1. The predicted octanol–water partition coefficient (Wildman–Crippen LogP) is 1.84. The van der Waals surface area contributed by atoms with E-state index in [0.29, 0.717) is 36.7 Å². The van der Waals surface area contributed by atoms with Crippen molar-refractivity contribution in [1.29, 1.82) is 0 Å². The number of aryl methyl sites for hydroxylation is 1. The van der Waals surface area contributed by atoms with Crippen molar-refractivity contribution in [3.05, 3.63) is 35.1 Å². The Balaban J connectivity index is 2.46. The summed E-state index contributed by atoms with van der Waals surface area (Å²) in [6, 6.07) is 4.45. The summed E-state index contributed by atoms with van der Waals surface area (Å²) in [6.07, 6.45) is 0. The Hall–Kier alpha value is -2.15. The molecule has 0 saturated heterocycles. The lowest BCUT2D eigenvalue weighted by Gasteiger charge is -2.21. The average molecular weight is 352 g/mol. The van der Waals surface area contributed by atoms with Crippen LogP contribution in [-0.4, -0.2) is 50.8 Å². The highest BCUT2D eigenvalue weighted by Gasteiger charge is 2.15. The topological polar surface area (TPSA) is 74.8 Å². The van der Waals surface area contributed by atoms with Crippen molar-refractivity contribution >= 4 is 11.9 Å². The van der Waals surface area contributed by atoms with Gasteiger partial charge in [0.15, 0.2) is 5.96 Å². The minimum Gasteiger partial charge on any atom is -0.377 e. The van der Waals surface area contributed by atoms with Gasteiger partial charge in [-0.2, -0.15) is 0 Å². The van der Waals surface area contributed by atoms with Crippen LogP contribution in [0.3, 0.4) is 0 Å². The molecule has 6 nitrogen and oxygen atoms in total. The van der Waals surface area contributed by atoms with Gasteiger partial charge in [0.05, 0.1) is 12.1 Å². The van der Waals surface area contributed by atoms with E-state index in [9.17, 15) is 9.18 Å². The van der Waals surface area contributed by atoms with E-state index < -0.39 is 0 Å². The molecule has 0 aromatic heterocycles. The fourth-order valence-electron chi connectivity index (χ4n) is 1.87. The number of guanidine groups is 1. The van der Waals surface area contributed by atoms with Gasteiger partial charge in [-0.25, -0.2) is 4.39 Å². The van der Waals surface area contributed by atoms with Crippen LogP contribution in [0, 0.1) is 12.7 Å². The second-order valence-electron chi connectivity index (χ2n) is 6.31. The number of aliphatic imine (C=N–C) groups is 1. The van der Waals surface area contributed by atoms with E-state index in [1.165, 1.54) is 6.07 Å². The number of rotatable bonds is 8. The first-order valence-electron chi connectivity index (χ1n) is 8.40. The number of nitrogens with one attached hydrogen (secondary N) is 3. The minimum absolute atomic E-state index is 0.303. The average Bonchev–Trinajstić information content (AvgIpc) is 2.58. The number of hydrogen-bond donors (Lipinski definition) is 3. The summed E-state index contributed by atoms with van der Waals surface area (Å²) >= 11 is 0. The Morgan fingerprint density at radius 1 is 1.24 bits per heavy atom. The van der Waals surface area contributed by atoms with E-state index in [2.05, 4.69) is 20.9 Å². The van der Waals surface area contributed by atoms with Crippen LogP contribution in [0.2, 0.25) is 0 Å². The van der Waals surface area contributed by atoms with Crippen LogP contribution in [0.1, 0.15) is 36.7 Å². The molecule has 0 aliphatic rings. The van der Waals surface area contributed by atoms with Crippen molar-refractivity contribution in [3.63, 3.8) is 0 Å². The first-order valence-corrected chi connectivity index (χ1v) is 8.40. The third-order valence-corrected chi connectivity index (χ3v) is 3.65. The van der Waals surface area contributed by atoms with E-state index in [1.807, 2.05) is 20.8 Å². The molecule has 0 heterocycles. The van der Waals surface area contributed by atoms with Crippen molar-refractivity contribution < 1.29 is 13.9 Å². The van der Waals surface area contributed by atoms with Crippen LogP contribution in [0.4, 0.5) is 4.39 Å². The number of nitrogens with zero attached hydrogens (tertiary/aromatic N) is 1. The van der Waals surface area contributed by atoms with Gasteiger partial charge in [0.25, 0.3) is 5.91 Å². The molecule has 0 bridgehead atoms.